The van der Waals surface area contributed by atoms with E-state index in [4.69, 9.17) is 4.74 Å². The van der Waals surface area contributed by atoms with E-state index in [9.17, 15) is 14.4 Å². The maximum atomic E-state index is 13.6. The minimum atomic E-state index is -0.547. The second-order valence-corrected chi connectivity index (χ2v) is 10.5. The molecular formula is C24H36N4O4S. The van der Waals surface area contributed by atoms with Gasteiger partial charge in [0.2, 0.25) is 11.8 Å². The zero-order chi connectivity index (χ0) is 23.4. The van der Waals surface area contributed by atoms with Crippen LogP contribution in [-0.2, 0) is 14.3 Å². The molecule has 182 valence electrons. The van der Waals surface area contributed by atoms with Gasteiger partial charge < -0.3 is 24.8 Å². The topological polar surface area (TPSA) is 82.2 Å². The summed E-state index contributed by atoms with van der Waals surface area (Å²) in [6, 6.07) is 2.93. The van der Waals surface area contributed by atoms with Crippen molar-refractivity contribution in [2.75, 3.05) is 45.9 Å². The average molecular weight is 477 g/mol. The van der Waals surface area contributed by atoms with Crippen LogP contribution in [0.3, 0.4) is 0 Å². The molecule has 0 saturated carbocycles. The van der Waals surface area contributed by atoms with E-state index in [2.05, 4.69) is 5.32 Å². The lowest BCUT2D eigenvalue weighted by molar-refractivity contribution is -0.139. The Hall–Kier alpha value is -1.97. The Morgan fingerprint density at radius 2 is 2.09 bits per heavy atom. The monoisotopic (exact) mass is 476 g/mol. The molecule has 1 N–H and O–H groups in total. The van der Waals surface area contributed by atoms with Crippen LogP contribution in [-0.4, -0.2) is 96.5 Å². The van der Waals surface area contributed by atoms with Crippen LogP contribution < -0.4 is 5.32 Å². The first kappa shape index (κ1) is 24.2. The lowest BCUT2D eigenvalue weighted by Gasteiger charge is -2.32. The van der Waals surface area contributed by atoms with E-state index < -0.39 is 6.04 Å². The maximum absolute atomic E-state index is 13.6. The third kappa shape index (κ3) is 5.58. The Bertz CT molecular complexity index is 816. The molecule has 9 heteroatoms. The summed E-state index contributed by atoms with van der Waals surface area (Å²) in [5.74, 6) is -0.210. The number of likely N-dealkylation sites (tertiary alicyclic amines) is 1. The van der Waals surface area contributed by atoms with Crippen molar-refractivity contribution in [1.82, 2.24) is 20.0 Å². The van der Waals surface area contributed by atoms with Gasteiger partial charge in [0, 0.05) is 45.2 Å². The summed E-state index contributed by atoms with van der Waals surface area (Å²) in [4.78, 5) is 46.4. The van der Waals surface area contributed by atoms with Gasteiger partial charge >= 0.3 is 0 Å². The molecule has 1 aromatic heterocycles. The molecule has 1 aromatic rings. The van der Waals surface area contributed by atoms with E-state index in [1.54, 1.807) is 11.0 Å². The Labute approximate surface area is 200 Å². The average Bonchev–Trinajstić information content (AvgIpc) is 3.56. The van der Waals surface area contributed by atoms with E-state index in [0.717, 1.165) is 39.0 Å². The second-order valence-electron chi connectivity index (χ2n) is 9.55. The van der Waals surface area contributed by atoms with E-state index >= 15 is 0 Å². The third-order valence-electron chi connectivity index (χ3n) is 6.85. The van der Waals surface area contributed by atoms with Gasteiger partial charge in [0.15, 0.2) is 0 Å². The van der Waals surface area contributed by atoms with E-state index in [1.165, 1.54) is 11.3 Å². The molecule has 3 atom stereocenters. The molecule has 3 amide bonds. The van der Waals surface area contributed by atoms with Gasteiger partial charge in [0.25, 0.3) is 5.91 Å². The number of carbonyl (C=O) groups is 3. The molecule has 0 aromatic carbocycles. The fraction of sp³-hybridized carbons (Fsp3) is 0.708. The summed E-state index contributed by atoms with van der Waals surface area (Å²) in [5.41, 5.74) is 0. The Balaban J connectivity index is 1.58. The molecule has 0 bridgehead atoms. The first-order valence-corrected chi connectivity index (χ1v) is 13.1. The van der Waals surface area contributed by atoms with E-state index in [1.807, 2.05) is 35.1 Å². The third-order valence-corrected chi connectivity index (χ3v) is 7.71. The number of hydrogen-bond donors (Lipinski definition) is 1. The smallest absolute Gasteiger partial charge is 0.264 e. The van der Waals surface area contributed by atoms with Crippen LogP contribution in [0.4, 0.5) is 0 Å². The maximum Gasteiger partial charge on any atom is 0.264 e. The van der Waals surface area contributed by atoms with E-state index in [0.29, 0.717) is 37.5 Å². The highest BCUT2D eigenvalue weighted by Gasteiger charge is 2.45. The molecular weight excluding hydrogens is 440 g/mol. The highest BCUT2D eigenvalue weighted by molar-refractivity contribution is 7.12. The van der Waals surface area contributed by atoms with Crippen molar-refractivity contribution in [2.45, 2.75) is 57.7 Å². The van der Waals surface area contributed by atoms with Crippen LogP contribution in [0.1, 0.15) is 49.2 Å². The molecule has 0 aliphatic carbocycles. The Morgan fingerprint density at radius 1 is 1.24 bits per heavy atom. The van der Waals surface area contributed by atoms with Crippen molar-refractivity contribution in [1.29, 1.82) is 0 Å². The molecule has 4 rings (SSSR count). The van der Waals surface area contributed by atoms with E-state index in [-0.39, 0.29) is 35.8 Å². The van der Waals surface area contributed by atoms with Gasteiger partial charge in [-0.05, 0) is 43.7 Å². The van der Waals surface area contributed by atoms with Gasteiger partial charge in [-0.15, -0.1) is 11.3 Å². The minimum absolute atomic E-state index is 0.000156. The Morgan fingerprint density at radius 3 is 2.79 bits per heavy atom. The number of carbonyl (C=O) groups excluding carboxylic acids is 3. The number of amides is 3. The number of thiophene rings is 1. The second kappa shape index (κ2) is 11.0. The lowest BCUT2D eigenvalue weighted by Crippen LogP contribution is -2.48. The molecule has 8 nitrogen and oxygen atoms in total. The fourth-order valence-corrected chi connectivity index (χ4v) is 5.75. The predicted octanol–water partition coefficient (Wildman–Crippen LogP) is 1.82. The van der Waals surface area contributed by atoms with Crippen molar-refractivity contribution in [3.05, 3.63) is 22.4 Å². The molecule has 3 aliphatic rings. The van der Waals surface area contributed by atoms with Crippen LogP contribution in [0.15, 0.2) is 17.5 Å². The van der Waals surface area contributed by atoms with Gasteiger partial charge in [-0.1, -0.05) is 19.9 Å². The summed E-state index contributed by atoms with van der Waals surface area (Å²) in [5, 5.41) is 5.21. The molecule has 3 saturated heterocycles. The number of rotatable bonds is 6. The van der Waals surface area contributed by atoms with Gasteiger partial charge in [0.05, 0.1) is 17.0 Å². The number of hydrogen-bond acceptors (Lipinski definition) is 6. The zero-order valence-corrected chi connectivity index (χ0v) is 20.5. The summed E-state index contributed by atoms with van der Waals surface area (Å²) >= 11 is 1.39. The van der Waals surface area contributed by atoms with Crippen LogP contribution in [0.5, 0.6) is 0 Å². The summed E-state index contributed by atoms with van der Waals surface area (Å²) in [7, 11) is 0. The van der Waals surface area contributed by atoms with Crippen LogP contribution in [0, 0.1) is 5.92 Å². The molecule has 0 radical (unpaired) electrons. The fourth-order valence-electron chi connectivity index (χ4n) is 5.08. The summed E-state index contributed by atoms with van der Waals surface area (Å²) in [6.07, 6.45) is 3.35. The van der Waals surface area contributed by atoms with Crippen molar-refractivity contribution in [2.24, 2.45) is 5.92 Å². The first-order chi connectivity index (χ1) is 16.0. The zero-order valence-electron chi connectivity index (χ0n) is 19.7. The molecule has 3 aliphatic heterocycles. The standard InChI is InChI=1S/C24H36N4O4S/c1-17(2)22(29)27(16-19-6-3-12-32-19)18-14-20(23(30)26-10-5-8-25-9-11-26)28(15-18)24(31)21-7-4-13-33-21/h4,7,13,17-20,25H,3,5-6,8-12,14-16H2,1-2H3. The van der Waals surface area contributed by atoms with Gasteiger partial charge in [-0.3, -0.25) is 14.4 Å². The molecule has 4 heterocycles. The Kier molecular flexibility index (Phi) is 8.03. The van der Waals surface area contributed by atoms with Crippen LogP contribution >= 0.6 is 11.3 Å². The van der Waals surface area contributed by atoms with Crippen LogP contribution in [0.2, 0.25) is 0 Å². The summed E-state index contributed by atoms with van der Waals surface area (Å²) in [6.45, 7) is 8.44. The molecule has 3 unspecified atom stereocenters. The highest BCUT2D eigenvalue weighted by atomic mass is 32.1. The quantitative estimate of drug-likeness (QED) is 0.677. The summed E-state index contributed by atoms with van der Waals surface area (Å²) < 4.78 is 5.83. The first-order valence-electron chi connectivity index (χ1n) is 12.2. The van der Waals surface area contributed by atoms with Crippen molar-refractivity contribution < 1.29 is 19.1 Å². The number of nitrogens with zero attached hydrogens (tertiary/aromatic N) is 3. The van der Waals surface area contributed by atoms with Gasteiger partial charge in [0.1, 0.15) is 6.04 Å². The largest absolute Gasteiger partial charge is 0.376 e. The van der Waals surface area contributed by atoms with Gasteiger partial charge in [-0.25, -0.2) is 0 Å². The number of nitrogens with one attached hydrogen (secondary N) is 1. The lowest BCUT2D eigenvalue weighted by atomic mass is 10.1. The SMILES string of the molecule is CC(C)C(=O)N(CC1CCCO1)C1CC(C(=O)N2CCCNCC2)N(C(=O)c2cccs2)C1. The molecule has 3 fully saturated rings. The van der Waals surface area contributed by atoms with Crippen molar-refractivity contribution in [3.63, 3.8) is 0 Å². The normalized spacial score (nSPS) is 26.0. The highest BCUT2D eigenvalue weighted by Crippen LogP contribution is 2.29. The van der Waals surface area contributed by atoms with Crippen molar-refractivity contribution >= 4 is 29.1 Å². The molecule has 0 spiro atoms. The van der Waals surface area contributed by atoms with Crippen LogP contribution in [0.25, 0.3) is 0 Å². The predicted molar refractivity (Wildman–Crippen MR) is 127 cm³/mol. The molecule has 33 heavy (non-hydrogen) atoms. The minimum Gasteiger partial charge on any atom is -0.376 e. The van der Waals surface area contributed by atoms with Crippen molar-refractivity contribution in [3.8, 4) is 0 Å². The number of ether oxygens (including phenoxy) is 1. The van der Waals surface area contributed by atoms with Gasteiger partial charge in [-0.2, -0.15) is 0 Å².